The first kappa shape index (κ1) is 14.3. The first-order valence-electron chi connectivity index (χ1n) is 8.33. The molecule has 0 aromatic rings. The van der Waals surface area contributed by atoms with E-state index >= 15 is 0 Å². The van der Waals surface area contributed by atoms with Crippen LogP contribution >= 0.6 is 11.6 Å². The molecule has 7 unspecified atom stereocenters. The lowest BCUT2D eigenvalue weighted by molar-refractivity contribution is -0.151. The van der Waals surface area contributed by atoms with Gasteiger partial charge < -0.3 is 4.43 Å². The Morgan fingerprint density at radius 2 is 1.95 bits per heavy atom. The number of halogens is 1. The highest BCUT2D eigenvalue weighted by Crippen LogP contribution is 2.70. The minimum absolute atomic E-state index is 0.0533. The van der Waals surface area contributed by atoms with Crippen LogP contribution in [0.4, 0.5) is 0 Å². The van der Waals surface area contributed by atoms with Crippen LogP contribution in [0.25, 0.3) is 0 Å². The topological polar surface area (TPSA) is 26.3 Å². The molecule has 0 amide bonds. The molecular weight excluding hydrogens is 300 g/mol. The number of rotatable bonds is 3. The largest absolute Gasteiger partial charge is 0.518 e. The molecule has 7 atom stereocenters. The lowest BCUT2D eigenvalue weighted by Crippen LogP contribution is -2.47. The highest BCUT2D eigenvalue weighted by atomic mass is 35.5. The predicted molar refractivity (Wildman–Crippen MR) is 86.3 cm³/mol. The van der Waals surface area contributed by atoms with E-state index in [1.54, 1.807) is 0 Å². The van der Waals surface area contributed by atoms with E-state index in [0.717, 1.165) is 36.0 Å². The Labute approximate surface area is 133 Å². The molecule has 4 rings (SSSR count). The van der Waals surface area contributed by atoms with Gasteiger partial charge in [-0.05, 0) is 74.8 Å². The van der Waals surface area contributed by atoms with Crippen LogP contribution < -0.4 is 0 Å². The van der Waals surface area contributed by atoms with Crippen molar-refractivity contribution in [2.24, 2.45) is 40.9 Å². The van der Waals surface area contributed by atoms with Crippen molar-refractivity contribution in [2.75, 3.05) is 5.50 Å². The summed E-state index contributed by atoms with van der Waals surface area (Å²) in [7, 11) is -2.03. The number of carbonyl (C=O) groups excluding carboxylic acids is 1. The fourth-order valence-corrected chi connectivity index (χ4v) is 6.95. The highest BCUT2D eigenvalue weighted by Gasteiger charge is 2.67. The molecule has 4 aliphatic rings. The van der Waals surface area contributed by atoms with Gasteiger partial charge in [-0.2, -0.15) is 0 Å². The Hall–Kier alpha value is -0.283. The van der Waals surface area contributed by atoms with Crippen molar-refractivity contribution in [1.82, 2.24) is 0 Å². The van der Waals surface area contributed by atoms with E-state index < -0.39 is 8.32 Å². The summed E-state index contributed by atoms with van der Waals surface area (Å²) in [4.78, 5) is 12.9. The minimum atomic E-state index is -2.03. The quantitative estimate of drug-likeness (QED) is 0.339. The van der Waals surface area contributed by atoms with E-state index in [0.29, 0.717) is 11.4 Å². The van der Waals surface area contributed by atoms with Gasteiger partial charge in [0.05, 0.1) is 10.9 Å². The summed E-state index contributed by atoms with van der Waals surface area (Å²) in [5.41, 5.74) is 0.239. The second kappa shape index (κ2) is 4.38. The van der Waals surface area contributed by atoms with E-state index in [-0.39, 0.29) is 11.4 Å². The van der Waals surface area contributed by atoms with Gasteiger partial charge in [0.1, 0.15) is 0 Å². The molecule has 21 heavy (non-hydrogen) atoms. The van der Waals surface area contributed by atoms with E-state index in [1.807, 2.05) is 13.1 Å². The van der Waals surface area contributed by atoms with Crippen LogP contribution in [-0.4, -0.2) is 19.8 Å². The van der Waals surface area contributed by atoms with E-state index in [2.05, 4.69) is 19.1 Å². The van der Waals surface area contributed by atoms with Gasteiger partial charge in [0.2, 0.25) is 0 Å². The third-order valence-corrected chi connectivity index (χ3v) is 10.1. The van der Waals surface area contributed by atoms with Gasteiger partial charge in [0.25, 0.3) is 14.3 Å². The Morgan fingerprint density at radius 1 is 1.29 bits per heavy atom. The molecule has 0 aliphatic heterocycles. The third kappa shape index (κ3) is 1.86. The van der Waals surface area contributed by atoms with E-state index in [4.69, 9.17) is 16.0 Å². The van der Waals surface area contributed by atoms with Crippen molar-refractivity contribution in [3.63, 3.8) is 0 Å². The van der Waals surface area contributed by atoms with Gasteiger partial charge in [-0.3, -0.25) is 4.79 Å². The Kier molecular flexibility index (Phi) is 2.99. The van der Waals surface area contributed by atoms with Crippen LogP contribution in [0.15, 0.2) is 12.2 Å². The molecule has 0 saturated heterocycles. The van der Waals surface area contributed by atoms with E-state index in [1.165, 1.54) is 12.8 Å². The number of carbonyl (C=O) groups is 1. The average molecular weight is 325 g/mol. The van der Waals surface area contributed by atoms with Gasteiger partial charge in [0.15, 0.2) is 0 Å². The fourth-order valence-electron chi connectivity index (χ4n) is 6.00. The number of allylic oxidation sites excluding steroid dienone is 2. The highest BCUT2D eigenvalue weighted by molar-refractivity contribution is 6.78. The summed E-state index contributed by atoms with van der Waals surface area (Å²) >= 11 is 5.98. The molecule has 4 aliphatic carbocycles. The van der Waals surface area contributed by atoms with Crippen LogP contribution in [0.3, 0.4) is 0 Å². The molecule has 2 nitrogen and oxygen atoms in total. The van der Waals surface area contributed by atoms with Crippen molar-refractivity contribution in [1.29, 1.82) is 0 Å². The zero-order valence-electron chi connectivity index (χ0n) is 13.1. The molecule has 4 heteroatoms. The predicted octanol–water partition coefficient (Wildman–Crippen LogP) is 4.00. The molecule has 3 saturated carbocycles. The Morgan fingerprint density at radius 3 is 2.62 bits per heavy atom. The summed E-state index contributed by atoms with van der Waals surface area (Å²) in [5, 5.41) is 0. The summed E-state index contributed by atoms with van der Waals surface area (Å²) < 4.78 is 5.91. The summed E-state index contributed by atoms with van der Waals surface area (Å²) in [5.74, 6) is 4.50. The average Bonchev–Trinajstić information content (AvgIpc) is 3.15. The van der Waals surface area contributed by atoms with E-state index in [9.17, 15) is 4.79 Å². The van der Waals surface area contributed by atoms with Crippen molar-refractivity contribution < 1.29 is 9.22 Å². The van der Waals surface area contributed by atoms with Crippen LogP contribution in [0.2, 0.25) is 13.1 Å². The standard InChI is InChI=1S/C17H25ClO2Si/c1-17(16(19)20-21(2,3)9-18)8-12-7-13(17)15-11-5-4-10(6-11)14(12)15/h4-5,10-15H,6-9H2,1-3H3. The smallest absolute Gasteiger partial charge is 0.298 e. The zero-order chi connectivity index (χ0) is 15.0. The summed E-state index contributed by atoms with van der Waals surface area (Å²) in [6.45, 7) is 6.25. The maximum Gasteiger partial charge on any atom is 0.298 e. The Bertz CT molecular complexity index is 517. The number of fused-ring (bicyclic) bond motifs is 9. The maximum absolute atomic E-state index is 12.9. The fraction of sp³-hybridized carbons (Fsp3) is 0.824. The third-order valence-electron chi connectivity index (χ3n) is 6.81. The summed E-state index contributed by atoms with van der Waals surface area (Å²) in [6, 6.07) is 0. The SMILES string of the molecule is CC1(C(=O)O[Si](C)(C)CCl)CC2CC1C1C3C=CC(C3)C21. The number of hydrogen-bond acceptors (Lipinski definition) is 2. The Balaban J connectivity index is 1.58. The molecule has 0 spiro atoms. The number of hydrogen-bond donors (Lipinski definition) is 0. The first-order chi connectivity index (χ1) is 9.86. The zero-order valence-corrected chi connectivity index (χ0v) is 14.9. The van der Waals surface area contributed by atoms with Crippen molar-refractivity contribution in [3.05, 3.63) is 12.2 Å². The second-order valence-electron chi connectivity index (χ2n) is 8.61. The molecule has 0 aromatic heterocycles. The summed E-state index contributed by atoms with van der Waals surface area (Å²) in [6.07, 6.45) is 8.51. The molecule has 0 aromatic carbocycles. The van der Waals surface area contributed by atoms with Crippen molar-refractivity contribution in [3.8, 4) is 0 Å². The monoisotopic (exact) mass is 324 g/mol. The van der Waals surface area contributed by atoms with Crippen LogP contribution in [0.1, 0.15) is 26.2 Å². The van der Waals surface area contributed by atoms with Gasteiger partial charge in [-0.1, -0.05) is 12.2 Å². The van der Waals surface area contributed by atoms with Crippen LogP contribution in [0, 0.1) is 40.9 Å². The van der Waals surface area contributed by atoms with Crippen LogP contribution in [0.5, 0.6) is 0 Å². The second-order valence-corrected chi connectivity index (χ2v) is 13.4. The van der Waals surface area contributed by atoms with Gasteiger partial charge >= 0.3 is 0 Å². The van der Waals surface area contributed by atoms with Crippen LogP contribution in [-0.2, 0) is 9.22 Å². The first-order valence-corrected chi connectivity index (χ1v) is 12.0. The number of alkyl halides is 1. The lowest BCUT2D eigenvalue weighted by Gasteiger charge is -2.42. The molecule has 4 bridgehead atoms. The van der Waals surface area contributed by atoms with Crippen molar-refractivity contribution in [2.45, 2.75) is 39.3 Å². The normalized spacial score (nSPS) is 49.7. The molecule has 3 fully saturated rings. The van der Waals surface area contributed by atoms with Gasteiger partial charge in [-0.25, -0.2) is 0 Å². The minimum Gasteiger partial charge on any atom is -0.518 e. The molecule has 0 radical (unpaired) electrons. The molecular formula is C17H25ClO2Si. The van der Waals surface area contributed by atoms with Crippen molar-refractivity contribution >= 4 is 25.9 Å². The molecule has 0 heterocycles. The molecule has 0 N–H and O–H groups in total. The van der Waals surface area contributed by atoms with Gasteiger partial charge in [0, 0.05) is 0 Å². The lowest BCUT2D eigenvalue weighted by atomic mass is 9.63. The van der Waals surface area contributed by atoms with Gasteiger partial charge in [-0.15, -0.1) is 11.6 Å². The maximum atomic E-state index is 12.9. The molecule has 116 valence electrons.